The Morgan fingerprint density at radius 1 is 1.78 bits per heavy atom. The van der Waals surface area contributed by atoms with Crippen LogP contribution in [0, 0.1) is 0 Å². The molecule has 1 atom stereocenters. The van der Waals surface area contributed by atoms with E-state index in [0.29, 0.717) is 6.42 Å². The second kappa shape index (κ2) is 4.21. The highest BCUT2D eigenvalue weighted by Gasteiger charge is 2.05. The molecule has 3 heteroatoms. The number of rotatable bonds is 4. The summed E-state index contributed by atoms with van der Waals surface area (Å²) >= 11 is 0. The minimum absolute atomic E-state index is 0.0291. The number of Topliss-reactive ketones (excluding diaryl/α,β-unsaturated/α-hetero) is 1. The maximum Gasteiger partial charge on any atom is 0.137 e. The molecule has 0 aromatic carbocycles. The molecule has 0 heterocycles. The van der Waals surface area contributed by atoms with Gasteiger partial charge in [0, 0.05) is 6.42 Å². The van der Waals surface area contributed by atoms with Crippen molar-refractivity contribution in [2.45, 2.75) is 19.4 Å². The second-order valence-corrected chi connectivity index (χ2v) is 1.94. The molecular weight excluding hydrogens is 118 g/mol. The second-order valence-electron chi connectivity index (χ2n) is 1.94. The summed E-state index contributed by atoms with van der Waals surface area (Å²) in [6, 6.07) is -0.303. The Hall–Kier alpha value is -0.700. The number of ketones is 1. The van der Waals surface area contributed by atoms with E-state index in [1.807, 2.05) is 0 Å². The van der Waals surface area contributed by atoms with Crippen LogP contribution in [0.5, 0.6) is 0 Å². The standard InChI is InChI=1S/C6H11NO2/c1-5(9)3-6(4-8)7-2/h4,6-7H,3H2,1-2H3/t6-/m0/s1. The Labute approximate surface area is 54.4 Å². The van der Waals surface area contributed by atoms with E-state index in [-0.39, 0.29) is 11.8 Å². The maximum absolute atomic E-state index is 10.4. The van der Waals surface area contributed by atoms with E-state index < -0.39 is 0 Å². The van der Waals surface area contributed by atoms with Gasteiger partial charge in [0.25, 0.3) is 0 Å². The normalized spacial score (nSPS) is 12.7. The molecule has 3 nitrogen and oxygen atoms in total. The van der Waals surface area contributed by atoms with Crippen molar-refractivity contribution in [3.8, 4) is 0 Å². The summed E-state index contributed by atoms with van der Waals surface area (Å²) in [5.74, 6) is 0.0291. The predicted molar refractivity (Wildman–Crippen MR) is 34.2 cm³/mol. The molecule has 0 aliphatic heterocycles. The van der Waals surface area contributed by atoms with Gasteiger partial charge in [0.15, 0.2) is 0 Å². The van der Waals surface area contributed by atoms with E-state index >= 15 is 0 Å². The third kappa shape index (κ3) is 3.85. The van der Waals surface area contributed by atoms with Crippen molar-refractivity contribution in [3.63, 3.8) is 0 Å². The van der Waals surface area contributed by atoms with Crippen LogP contribution in [0.15, 0.2) is 0 Å². The van der Waals surface area contributed by atoms with Gasteiger partial charge in [-0.3, -0.25) is 4.79 Å². The number of hydrogen-bond acceptors (Lipinski definition) is 3. The monoisotopic (exact) mass is 129 g/mol. The van der Waals surface area contributed by atoms with Crippen LogP contribution in [0.2, 0.25) is 0 Å². The molecule has 1 N–H and O–H groups in total. The van der Waals surface area contributed by atoms with E-state index in [1.54, 1.807) is 7.05 Å². The zero-order valence-electron chi connectivity index (χ0n) is 5.68. The summed E-state index contributed by atoms with van der Waals surface area (Å²) in [7, 11) is 1.65. The first-order chi connectivity index (χ1) is 4.20. The number of carbonyl (C=O) groups excluding carboxylic acids is 2. The zero-order valence-corrected chi connectivity index (χ0v) is 5.68. The third-order valence-electron chi connectivity index (χ3n) is 1.04. The van der Waals surface area contributed by atoms with Crippen molar-refractivity contribution < 1.29 is 9.59 Å². The molecule has 0 unspecified atom stereocenters. The van der Waals surface area contributed by atoms with Crippen LogP contribution in [0.25, 0.3) is 0 Å². The van der Waals surface area contributed by atoms with E-state index in [0.717, 1.165) is 6.29 Å². The minimum Gasteiger partial charge on any atom is -0.310 e. The van der Waals surface area contributed by atoms with Gasteiger partial charge in [-0.05, 0) is 14.0 Å². The molecule has 0 rings (SSSR count). The van der Waals surface area contributed by atoms with Crippen LogP contribution in [0.4, 0.5) is 0 Å². The van der Waals surface area contributed by atoms with Crippen molar-refractivity contribution >= 4 is 12.1 Å². The van der Waals surface area contributed by atoms with E-state index in [1.165, 1.54) is 6.92 Å². The number of likely N-dealkylation sites (N-methyl/N-ethyl adjacent to an activating group) is 1. The van der Waals surface area contributed by atoms with Gasteiger partial charge in [0.1, 0.15) is 12.1 Å². The molecule has 0 aliphatic rings. The molecule has 0 aromatic heterocycles. The van der Waals surface area contributed by atoms with Gasteiger partial charge in [0.2, 0.25) is 0 Å². The first-order valence-electron chi connectivity index (χ1n) is 2.82. The average molecular weight is 129 g/mol. The first kappa shape index (κ1) is 8.30. The molecule has 0 aromatic rings. The molecule has 0 spiro atoms. The smallest absolute Gasteiger partial charge is 0.137 e. The predicted octanol–water partition coefficient (Wildman–Crippen LogP) is -0.248. The molecule has 0 bridgehead atoms. The molecule has 0 fully saturated rings. The molecule has 0 radical (unpaired) electrons. The number of hydrogen-bond donors (Lipinski definition) is 1. The summed E-state index contributed by atoms with van der Waals surface area (Å²) in [4.78, 5) is 20.4. The maximum atomic E-state index is 10.4. The summed E-state index contributed by atoms with van der Waals surface area (Å²) in [6.07, 6.45) is 1.03. The highest BCUT2D eigenvalue weighted by atomic mass is 16.1. The van der Waals surface area contributed by atoms with E-state index in [4.69, 9.17) is 0 Å². The van der Waals surface area contributed by atoms with Crippen molar-refractivity contribution in [1.82, 2.24) is 5.32 Å². The largest absolute Gasteiger partial charge is 0.310 e. The SMILES string of the molecule is CN[C@H](C=O)CC(C)=O. The van der Waals surface area contributed by atoms with Gasteiger partial charge in [-0.25, -0.2) is 0 Å². The lowest BCUT2D eigenvalue weighted by Gasteiger charge is -2.03. The average Bonchev–Trinajstić information content (AvgIpc) is 1.82. The third-order valence-corrected chi connectivity index (χ3v) is 1.04. The fourth-order valence-electron chi connectivity index (χ4n) is 0.528. The van der Waals surface area contributed by atoms with Gasteiger partial charge in [-0.2, -0.15) is 0 Å². The van der Waals surface area contributed by atoms with Crippen molar-refractivity contribution in [1.29, 1.82) is 0 Å². The number of nitrogens with one attached hydrogen (secondary N) is 1. The Balaban J connectivity index is 3.55. The Morgan fingerprint density at radius 3 is 2.44 bits per heavy atom. The molecule has 9 heavy (non-hydrogen) atoms. The summed E-state index contributed by atoms with van der Waals surface area (Å²) in [5, 5.41) is 2.69. The quantitative estimate of drug-likeness (QED) is 0.532. The van der Waals surface area contributed by atoms with Crippen LogP contribution in [0.1, 0.15) is 13.3 Å². The zero-order chi connectivity index (χ0) is 7.28. The molecule has 0 saturated heterocycles. The van der Waals surface area contributed by atoms with Gasteiger partial charge in [-0.15, -0.1) is 0 Å². The van der Waals surface area contributed by atoms with Crippen LogP contribution < -0.4 is 5.32 Å². The van der Waals surface area contributed by atoms with Crippen LogP contribution in [-0.4, -0.2) is 25.2 Å². The summed E-state index contributed by atoms with van der Waals surface area (Å²) in [6.45, 7) is 1.47. The molecule has 0 amide bonds. The fraction of sp³-hybridized carbons (Fsp3) is 0.667. The van der Waals surface area contributed by atoms with Gasteiger partial charge in [-0.1, -0.05) is 0 Å². The summed E-state index contributed by atoms with van der Waals surface area (Å²) in [5.41, 5.74) is 0. The molecule has 52 valence electrons. The lowest BCUT2D eigenvalue weighted by atomic mass is 10.2. The lowest BCUT2D eigenvalue weighted by Crippen LogP contribution is -2.28. The van der Waals surface area contributed by atoms with Crippen molar-refractivity contribution in [3.05, 3.63) is 0 Å². The Morgan fingerprint density at radius 2 is 2.33 bits per heavy atom. The highest BCUT2D eigenvalue weighted by molar-refractivity contribution is 5.79. The van der Waals surface area contributed by atoms with Crippen LogP contribution in [-0.2, 0) is 9.59 Å². The minimum atomic E-state index is -0.303. The van der Waals surface area contributed by atoms with Crippen molar-refractivity contribution in [2.24, 2.45) is 0 Å². The van der Waals surface area contributed by atoms with E-state index in [9.17, 15) is 9.59 Å². The number of carbonyl (C=O) groups is 2. The molecule has 0 aliphatic carbocycles. The first-order valence-corrected chi connectivity index (χ1v) is 2.82. The Kier molecular flexibility index (Phi) is 3.88. The fourth-order valence-corrected chi connectivity index (χ4v) is 0.528. The topological polar surface area (TPSA) is 46.2 Å². The van der Waals surface area contributed by atoms with Gasteiger partial charge < -0.3 is 10.1 Å². The molecule has 0 saturated carbocycles. The van der Waals surface area contributed by atoms with Crippen LogP contribution in [0.3, 0.4) is 0 Å². The lowest BCUT2D eigenvalue weighted by molar-refractivity contribution is -0.120. The highest BCUT2D eigenvalue weighted by Crippen LogP contribution is 1.86. The van der Waals surface area contributed by atoms with Gasteiger partial charge >= 0.3 is 0 Å². The molecular formula is C6H11NO2. The van der Waals surface area contributed by atoms with Crippen LogP contribution >= 0.6 is 0 Å². The van der Waals surface area contributed by atoms with E-state index in [2.05, 4.69) is 5.32 Å². The van der Waals surface area contributed by atoms with Crippen molar-refractivity contribution in [2.75, 3.05) is 7.05 Å². The summed E-state index contributed by atoms with van der Waals surface area (Å²) < 4.78 is 0. The van der Waals surface area contributed by atoms with Gasteiger partial charge in [0.05, 0.1) is 6.04 Å². The number of aldehydes is 1. The Bertz CT molecular complexity index is 112.